The summed E-state index contributed by atoms with van der Waals surface area (Å²) in [5.41, 5.74) is 0. The highest BCUT2D eigenvalue weighted by Gasteiger charge is 2.39. The van der Waals surface area contributed by atoms with Gasteiger partial charge in [-0.15, -0.1) is 0 Å². The van der Waals surface area contributed by atoms with Gasteiger partial charge in [-0.2, -0.15) is 0 Å². The van der Waals surface area contributed by atoms with Crippen LogP contribution in [0.3, 0.4) is 0 Å². The van der Waals surface area contributed by atoms with Gasteiger partial charge in [-0.05, 0) is 17.2 Å². The quantitative estimate of drug-likeness (QED) is 0.859. The summed E-state index contributed by atoms with van der Waals surface area (Å²) in [7, 11) is -5.51. The van der Waals surface area contributed by atoms with Crippen LogP contribution in [0.5, 0.6) is 0 Å². The number of rotatable bonds is 3. The number of pyridine rings is 1. The van der Waals surface area contributed by atoms with Crippen molar-refractivity contribution in [1.82, 2.24) is 9.37 Å². The average molecular weight is 272 g/mol. The Morgan fingerprint density at radius 3 is 2.06 bits per heavy atom. The van der Waals surface area contributed by atoms with Crippen LogP contribution in [0.4, 0.5) is 0 Å². The maximum atomic E-state index is 12.2. The number of aromatic nitrogens is 1. The van der Waals surface area contributed by atoms with Crippen molar-refractivity contribution >= 4 is 18.3 Å². The SMILES string of the molecule is CC(C)(C)[Si](C)(C)NS(=O)(=O)c1ccncc1. The van der Waals surface area contributed by atoms with Crippen molar-refractivity contribution in [3.8, 4) is 0 Å². The van der Waals surface area contributed by atoms with E-state index in [2.05, 4.69) is 30.1 Å². The van der Waals surface area contributed by atoms with E-state index < -0.39 is 18.3 Å². The van der Waals surface area contributed by atoms with Crippen LogP contribution in [0.2, 0.25) is 18.1 Å². The molecule has 0 fully saturated rings. The van der Waals surface area contributed by atoms with E-state index in [0.29, 0.717) is 0 Å². The second kappa shape index (κ2) is 4.51. The van der Waals surface area contributed by atoms with Crippen LogP contribution >= 0.6 is 0 Å². The number of nitrogens with zero attached hydrogens (tertiary/aromatic N) is 1. The van der Waals surface area contributed by atoms with Crippen molar-refractivity contribution in [3.63, 3.8) is 0 Å². The second-order valence-electron chi connectivity index (χ2n) is 5.66. The van der Waals surface area contributed by atoms with Gasteiger partial charge in [0.05, 0.1) is 4.90 Å². The summed E-state index contributed by atoms with van der Waals surface area (Å²) in [4.78, 5) is 4.10. The van der Waals surface area contributed by atoms with Crippen LogP contribution in [0.25, 0.3) is 0 Å². The van der Waals surface area contributed by atoms with E-state index in [1.54, 1.807) is 0 Å². The third-order valence-electron chi connectivity index (χ3n) is 3.22. The van der Waals surface area contributed by atoms with Gasteiger partial charge in [0.2, 0.25) is 10.0 Å². The van der Waals surface area contributed by atoms with Gasteiger partial charge in [0.15, 0.2) is 0 Å². The van der Waals surface area contributed by atoms with Crippen LogP contribution in [-0.4, -0.2) is 21.6 Å². The van der Waals surface area contributed by atoms with Gasteiger partial charge >= 0.3 is 0 Å². The lowest BCUT2D eigenvalue weighted by molar-refractivity contribution is 0.589. The number of hydrogen-bond donors (Lipinski definition) is 1. The molecule has 17 heavy (non-hydrogen) atoms. The van der Waals surface area contributed by atoms with Crippen molar-refractivity contribution in [2.75, 3.05) is 0 Å². The van der Waals surface area contributed by atoms with Crippen molar-refractivity contribution < 1.29 is 8.42 Å². The molecule has 0 atom stereocenters. The molecule has 0 amide bonds. The highest BCUT2D eigenvalue weighted by atomic mass is 32.2. The maximum Gasteiger partial charge on any atom is 0.234 e. The van der Waals surface area contributed by atoms with Crippen LogP contribution in [0, 0.1) is 0 Å². The summed E-state index contributed by atoms with van der Waals surface area (Å²) in [6.07, 6.45) is 2.97. The monoisotopic (exact) mass is 272 g/mol. The highest BCUT2D eigenvalue weighted by Crippen LogP contribution is 2.34. The molecule has 0 aliphatic heterocycles. The molecule has 1 rings (SSSR count). The predicted molar refractivity (Wildman–Crippen MR) is 71.8 cm³/mol. The molecular formula is C11H20N2O2SSi. The van der Waals surface area contributed by atoms with Crippen LogP contribution < -0.4 is 4.39 Å². The van der Waals surface area contributed by atoms with E-state index in [1.165, 1.54) is 24.5 Å². The first-order valence-corrected chi connectivity index (χ1v) is 9.99. The van der Waals surface area contributed by atoms with E-state index in [9.17, 15) is 8.42 Å². The fourth-order valence-electron chi connectivity index (χ4n) is 1.07. The lowest BCUT2D eigenvalue weighted by atomic mass is 10.2. The van der Waals surface area contributed by atoms with E-state index in [0.717, 1.165) is 0 Å². The fraction of sp³-hybridized carbons (Fsp3) is 0.545. The third-order valence-corrected chi connectivity index (χ3v) is 11.0. The summed E-state index contributed by atoms with van der Waals surface area (Å²) >= 11 is 0. The summed E-state index contributed by atoms with van der Waals surface area (Å²) in [6, 6.07) is 3.02. The van der Waals surface area contributed by atoms with Crippen molar-refractivity contribution in [2.45, 2.75) is 43.8 Å². The number of sulfonamides is 1. The first kappa shape index (κ1) is 14.3. The highest BCUT2D eigenvalue weighted by molar-refractivity contribution is 7.91. The molecule has 1 aromatic rings. The van der Waals surface area contributed by atoms with Crippen molar-refractivity contribution in [1.29, 1.82) is 0 Å². The molecule has 1 heterocycles. The normalized spacial score (nSPS) is 13.7. The van der Waals surface area contributed by atoms with Crippen LogP contribution in [0.1, 0.15) is 20.8 Å². The zero-order chi connectivity index (χ0) is 13.3. The Morgan fingerprint density at radius 2 is 1.65 bits per heavy atom. The van der Waals surface area contributed by atoms with Crippen LogP contribution in [-0.2, 0) is 10.0 Å². The van der Waals surface area contributed by atoms with Gasteiger partial charge in [-0.3, -0.25) is 4.98 Å². The second-order valence-corrected chi connectivity index (χ2v) is 12.7. The molecule has 1 aromatic heterocycles. The average Bonchev–Trinajstić information content (AvgIpc) is 2.15. The smallest absolute Gasteiger partial charge is 0.234 e. The molecule has 0 spiro atoms. The molecule has 1 N–H and O–H groups in total. The third kappa shape index (κ3) is 3.37. The minimum Gasteiger partial charge on any atom is -0.265 e. The molecule has 6 heteroatoms. The summed E-state index contributed by atoms with van der Waals surface area (Å²) < 4.78 is 27.3. The minimum atomic E-state index is -3.43. The summed E-state index contributed by atoms with van der Waals surface area (Å²) in [6.45, 7) is 10.2. The van der Waals surface area contributed by atoms with Gasteiger partial charge in [-0.1, -0.05) is 33.9 Å². The van der Waals surface area contributed by atoms with E-state index >= 15 is 0 Å². The minimum absolute atomic E-state index is 0.0346. The Bertz CT molecular complexity index is 478. The van der Waals surface area contributed by atoms with Gasteiger partial charge in [0, 0.05) is 12.4 Å². The maximum absolute atomic E-state index is 12.2. The molecular weight excluding hydrogens is 252 g/mol. The van der Waals surface area contributed by atoms with Gasteiger partial charge in [-0.25, -0.2) is 12.8 Å². The fourth-order valence-corrected chi connectivity index (χ4v) is 5.93. The lowest BCUT2D eigenvalue weighted by Gasteiger charge is -2.36. The largest absolute Gasteiger partial charge is 0.265 e. The van der Waals surface area contributed by atoms with E-state index in [4.69, 9.17) is 0 Å². The zero-order valence-electron chi connectivity index (χ0n) is 11.0. The lowest BCUT2D eigenvalue weighted by Crippen LogP contribution is -2.54. The Kier molecular flexibility index (Phi) is 3.80. The molecule has 96 valence electrons. The van der Waals surface area contributed by atoms with Gasteiger partial charge in [0.25, 0.3) is 0 Å². The molecule has 4 nitrogen and oxygen atoms in total. The Labute approximate surface area is 105 Å². The zero-order valence-corrected chi connectivity index (χ0v) is 12.8. The molecule has 0 saturated carbocycles. The Morgan fingerprint density at radius 1 is 1.18 bits per heavy atom. The van der Waals surface area contributed by atoms with Gasteiger partial charge in [0.1, 0.15) is 8.24 Å². The standard InChI is InChI=1S/C11H20N2O2SSi/c1-11(2,3)17(4,5)13-16(14,15)10-6-8-12-9-7-10/h6-9,13H,1-5H3. The molecule has 0 aliphatic rings. The van der Waals surface area contributed by atoms with Crippen molar-refractivity contribution in [2.24, 2.45) is 0 Å². The molecule has 0 aliphatic carbocycles. The first-order valence-electron chi connectivity index (χ1n) is 5.50. The molecule has 0 saturated heterocycles. The molecule has 0 bridgehead atoms. The Hall–Kier alpha value is -0.723. The Balaban J connectivity index is 3.04. The summed E-state index contributed by atoms with van der Waals surface area (Å²) in [5.74, 6) is 0. The number of nitrogens with one attached hydrogen (secondary N) is 1. The molecule has 0 aromatic carbocycles. The van der Waals surface area contributed by atoms with E-state index in [1.807, 2.05) is 13.1 Å². The van der Waals surface area contributed by atoms with Crippen molar-refractivity contribution in [3.05, 3.63) is 24.5 Å². The summed E-state index contributed by atoms with van der Waals surface area (Å²) in [5, 5.41) is -0.0346. The van der Waals surface area contributed by atoms with Gasteiger partial charge < -0.3 is 0 Å². The first-order chi connectivity index (χ1) is 7.56. The molecule has 0 unspecified atom stereocenters. The van der Waals surface area contributed by atoms with E-state index in [-0.39, 0.29) is 9.93 Å². The topological polar surface area (TPSA) is 59.1 Å². The predicted octanol–water partition coefficient (Wildman–Crippen LogP) is 2.37. The number of hydrogen-bond acceptors (Lipinski definition) is 3. The van der Waals surface area contributed by atoms with Crippen LogP contribution in [0.15, 0.2) is 29.4 Å². The molecule has 0 radical (unpaired) electrons.